The zero-order valence-electron chi connectivity index (χ0n) is 17.4. The maximum absolute atomic E-state index is 12.8. The van der Waals surface area contributed by atoms with Gasteiger partial charge in [0, 0.05) is 24.9 Å². The van der Waals surface area contributed by atoms with Crippen LogP contribution in [-0.4, -0.2) is 45.7 Å². The van der Waals surface area contributed by atoms with Crippen LogP contribution in [0.1, 0.15) is 21.7 Å². The first-order chi connectivity index (χ1) is 14.8. The summed E-state index contributed by atoms with van der Waals surface area (Å²) in [6.07, 6.45) is 0. The third-order valence-electron chi connectivity index (χ3n) is 4.74. The van der Waals surface area contributed by atoms with Crippen molar-refractivity contribution in [3.05, 3.63) is 91.9 Å². The maximum Gasteiger partial charge on any atom is 0.294 e. The summed E-state index contributed by atoms with van der Waals surface area (Å²) in [6, 6.07) is 14.8. The molecule has 0 saturated carbocycles. The van der Waals surface area contributed by atoms with Gasteiger partial charge in [0.1, 0.15) is 18.0 Å². The molecule has 3 aromatic rings. The van der Waals surface area contributed by atoms with Gasteiger partial charge < -0.3 is 9.64 Å². The molecule has 0 aliphatic carbocycles. The van der Waals surface area contributed by atoms with E-state index in [1.165, 1.54) is 33.8 Å². The van der Waals surface area contributed by atoms with Gasteiger partial charge in [-0.25, -0.2) is 4.68 Å². The molecule has 0 bridgehead atoms. The minimum atomic E-state index is -0.592. The van der Waals surface area contributed by atoms with Crippen LogP contribution in [0, 0.1) is 24.0 Å². The fourth-order valence-corrected chi connectivity index (χ4v) is 3.03. The van der Waals surface area contributed by atoms with E-state index >= 15 is 0 Å². The average molecular weight is 422 g/mol. The third-order valence-corrected chi connectivity index (χ3v) is 4.74. The van der Waals surface area contributed by atoms with Gasteiger partial charge in [0.15, 0.2) is 5.69 Å². The standard InChI is InChI=1S/C22H22N4O5/c1-15-8-4-7-11-20(15)31-13-12-24(3)22(28)21-19(27)14-16(2)25(23-21)17-9-5-6-10-18(17)26(29)30/h4-11,14H,12-13H2,1-3H3. The molecule has 1 amide bonds. The first-order valence-electron chi connectivity index (χ1n) is 9.58. The van der Waals surface area contributed by atoms with Crippen molar-refractivity contribution in [2.45, 2.75) is 13.8 Å². The molecule has 0 atom stereocenters. The van der Waals surface area contributed by atoms with Gasteiger partial charge in [0.25, 0.3) is 11.6 Å². The van der Waals surface area contributed by atoms with E-state index in [1.807, 2.05) is 31.2 Å². The Hall–Kier alpha value is -4.01. The number of nitrogens with zero attached hydrogens (tertiary/aromatic N) is 4. The number of aromatic nitrogens is 2. The van der Waals surface area contributed by atoms with E-state index in [1.54, 1.807) is 20.0 Å². The van der Waals surface area contributed by atoms with E-state index in [9.17, 15) is 19.7 Å². The van der Waals surface area contributed by atoms with Gasteiger partial charge in [-0.1, -0.05) is 30.3 Å². The Morgan fingerprint density at radius 1 is 1.16 bits per heavy atom. The zero-order chi connectivity index (χ0) is 22.5. The number of hydrogen-bond acceptors (Lipinski definition) is 6. The Kier molecular flexibility index (Phi) is 6.44. The summed E-state index contributed by atoms with van der Waals surface area (Å²) in [5.41, 5.74) is 0.473. The second-order valence-corrected chi connectivity index (χ2v) is 7.00. The number of benzene rings is 2. The molecular formula is C22H22N4O5. The van der Waals surface area contributed by atoms with Crippen LogP contribution in [0.4, 0.5) is 5.69 Å². The van der Waals surface area contributed by atoms with Crippen LogP contribution in [0.5, 0.6) is 5.75 Å². The van der Waals surface area contributed by atoms with Crippen LogP contribution in [0.25, 0.3) is 5.69 Å². The number of carbonyl (C=O) groups is 1. The van der Waals surface area contributed by atoms with E-state index in [0.29, 0.717) is 5.69 Å². The molecular weight excluding hydrogens is 400 g/mol. The summed E-state index contributed by atoms with van der Waals surface area (Å²) in [7, 11) is 1.54. The fourth-order valence-electron chi connectivity index (χ4n) is 3.03. The highest BCUT2D eigenvalue weighted by Crippen LogP contribution is 2.22. The lowest BCUT2D eigenvalue weighted by molar-refractivity contribution is -0.384. The van der Waals surface area contributed by atoms with Crippen molar-refractivity contribution in [2.24, 2.45) is 0 Å². The van der Waals surface area contributed by atoms with Gasteiger partial charge in [-0.3, -0.25) is 19.7 Å². The molecule has 0 saturated heterocycles. The van der Waals surface area contributed by atoms with E-state index in [2.05, 4.69) is 5.10 Å². The Labute approximate surface area is 178 Å². The Morgan fingerprint density at radius 3 is 2.55 bits per heavy atom. The van der Waals surface area contributed by atoms with Crippen LogP contribution in [0.3, 0.4) is 0 Å². The number of hydrogen-bond donors (Lipinski definition) is 0. The average Bonchev–Trinajstić information content (AvgIpc) is 2.74. The lowest BCUT2D eigenvalue weighted by atomic mass is 10.2. The largest absolute Gasteiger partial charge is 0.491 e. The summed E-state index contributed by atoms with van der Waals surface area (Å²) < 4.78 is 6.95. The predicted molar refractivity (Wildman–Crippen MR) is 115 cm³/mol. The summed E-state index contributed by atoms with van der Waals surface area (Å²) >= 11 is 0. The molecule has 0 fully saturated rings. The van der Waals surface area contributed by atoms with Crippen molar-refractivity contribution in [3.8, 4) is 11.4 Å². The molecule has 160 valence electrons. The Balaban J connectivity index is 1.83. The minimum Gasteiger partial charge on any atom is -0.491 e. The highest BCUT2D eigenvalue weighted by atomic mass is 16.6. The van der Waals surface area contributed by atoms with Crippen molar-refractivity contribution in [3.63, 3.8) is 0 Å². The predicted octanol–water partition coefficient (Wildman–Crippen LogP) is 2.91. The molecule has 3 rings (SSSR count). The fraction of sp³-hybridized carbons (Fsp3) is 0.227. The molecule has 31 heavy (non-hydrogen) atoms. The molecule has 0 N–H and O–H groups in total. The second-order valence-electron chi connectivity index (χ2n) is 7.00. The number of aryl methyl sites for hydroxylation is 2. The molecule has 9 heteroatoms. The molecule has 9 nitrogen and oxygen atoms in total. The quantitative estimate of drug-likeness (QED) is 0.428. The summed E-state index contributed by atoms with van der Waals surface area (Å²) in [4.78, 5) is 37.5. The molecule has 0 unspecified atom stereocenters. The number of nitro benzene ring substituents is 1. The van der Waals surface area contributed by atoms with Gasteiger partial charge in [-0.2, -0.15) is 5.10 Å². The number of rotatable bonds is 7. The molecule has 2 aromatic carbocycles. The highest BCUT2D eigenvalue weighted by molar-refractivity contribution is 5.91. The van der Waals surface area contributed by atoms with Gasteiger partial charge in [0.2, 0.25) is 5.43 Å². The number of ether oxygens (including phenoxy) is 1. The number of para-hydroxylation sites is 3. The normalized spacial score (nSPS) is 10.5. The molecule has 1 heterocycles. The van der Waals surface area contributed by atoms with Gasteiger partial charge in [0.05, 0.1) is 11.5 Å². The number of likely N-dealkylation sites (N-methyl/N-ethyl adjacent to an activating group) is 1. The molecule has 0 spiro atoms. The van der Waals surface area contributed by atoms with Gasteiger partial charge in [-0.15, -0.1) is 0 Å². The summed E-state index contributed by atoms with van der Waals surface area (Å²) in [5, 5.41) is 15.5. The number of carbonyl (C=O) groups excluding carboxylic acids is 1. The lowest BCUT2D eigenvalue weighted by Crippen LogP contribution is -2.36. The van der Waals surface area contributed by atoms with Crippen LogP contribution >= 0.6 is 0 Å². The van der Waals surface area contributed by atoms with E-state index < -0.39 is 16.3 Å². The Morgan fingerprint density at radius 2 is 1.84 bits per heavy atom. The van der Waals surface area contributed by atoms with Crippen molar-refractivity contribution in [1.82, 2.24) is 14.7 Å². The third kappa shape index (κ3) is 4.77. The zero-order valence-corrected chi connectivity index (χ0v) is 17.4. The van der Waals surface area contributed by atoms with Crippen molar-refractivity contribution in [2.75, 3.05) is 20.2 Å². The Bertz CT molecular complexity index is 1190. The SMILES string of the molecule is Cc1ccccc1OCCN(C)C(=O)c1nn(-c2ccccc2[N+](=O)[O-])c(C)cc1=O. The van der Waals surface area contributed by atoms with E-state index in [4.69, 9.17) is 4.74 Å². The number of nitro groups is 1. The smallest absolute Gasteiger partial charge is 0.294 e. The van der Waals surface area contributed by atoms with E-state index in [-0.39, 0.29) is 30.2 Å². The van der Waals surface area contributed by atoms with Crippen molar-refractivity contribution in [1.29, 1.82) is 0 Å². The monoisotopic (exact) mass is 422 g/mol. The van der Waals surface area contributed by atoms with Crippen molar-refractivity contribution < 1.29 is 14.5 Å². The molecule has 0 radical (unpaired) electrons. The summed E-state index contributed by atoms with van der Waals surface area (Å²) in [6.45, 7) is 3.98. The second kappa shape index (κ2) is 9.21. The van der Waals surface area contributed by atoms with Crippen LogP contribution in [0.15, 0.2) is 59.4 Å². The first kappa shape index (κ1) is 21.7. The molecule has 0 aliphatic rings. The lowest BCUT2D eigenvalue weighted by Gasteiger charge is -2.18. The van der Waals surface area contributed by atoms with Crippen LogP contribution in [-0.2, 0) is 0 Å². The highest BCUT2D eigenvalue weighted by Gasteiger charge is 2.22. The van der Waals surface area contributed by atoms with Crippen LogP contribution < -0.4 is 10.2 Å². The van der Waals surface area contributed by atoms with Gasteiger partial charge >= 0.3 is 0 Å². The van der Waals surface area contributed by atoms with Gasteiger partial charge in [-0.05, 0) is 31.5 Å². The summed E-state index contributed by atoms with van der Waals surface area (Å²) in [5.74, 6) is 0.126. The molecule has 1 aromatic heterocycles. The topological polar surface area (TPSA) is 108 Å². The molecule has 0 aliphatic heterocycles. The van der Waals surface area contributed by atoms with Crippen molar-refractivity contribution >= 4 is 11.6 Å². The first-order valence-corrected chi connectivity index (χ1v) is 9.58. The maximum atomic E-state index is 12.8. The minimum absolute atomic E-state index is 0.171. The number of amides is 1. The van der Waals surface area contributed by atoms with Crippen LogP contribution in [0.2, 0.25) is 0 Å². The van der Waals surface area contributed by atoms with E-state index in [0.717, 1.165) is 11.3 Å².